The maximum Gasteiger partial charge on any atom is 0.416 e. The summed E-state index contributed by atoms with van der Waals surface area (Å²) in [5, 5.41) is 0. The number of rotatable bonds is 2. The maximum atomic E-state index is 12.3. The molecular formula is C10H8F3NO3. The van der Waals surface area contributed by atoms with Gasteiger partial charge in [0.2, 0.25) is 0 Å². The summed E-state index contributed by atoms with van der Waals surface area (Å²) in [4.78, 5) is 22.2. The second kappa shape index (κ2) is 4.44. The number of carbonyl (C=O) groups excluding carboxylic acids is 2. The Morgan fingerprint density at radius 1 is 1.29 bits per heavy atom. The van der Waals surface area contributed by atoms with E-state index in [2.05, 4.69) is 4.74 Å². The number of ketones is 1. The average molecular weight is 247 g/mol. The molecule has 0 bridgehead atoms. The van der Waals surface area contributed by atoms with E-state index in [0.717, 1.165) is 13.2 Å². The summed E-state index contributed by atoms with van der Waals surface area (Å²) in [6.07, 6.45) is -4.55. The van der Waals surface area contributed by atoms with Crippen molar-refractivity contribution < 1.29 is 27.5 Å². The van der Waals surface area contributed by atoms with Gasteiger partial charge in [0, 0.05) is 5.69 Å². The number of hydrogen-bond acceptors (Lipinski definition) is 4. The molecule has 0 radical (unpaired) electrons. The normalized spacial score (nSPS) is 11.1. The van der Waals surface area contributed by atoms with Gasteiger partial charge in [-0.05, 0) is 18.2 Å². The van der Waals surface area contributed by atoms with Gasteiger partial charge >= 0.3 is 12.1 Å². The molecule has 0 aliphatic carbocycles. The number of hydrogen-bond donors (Lipinski definition) is 1. The van der Waals surface area contributed by atoms with Crippen molar-refractivity contribution >= 4 is 17.4 Å². The van der Waals surface area contributed by atoms with Crippen LogP contribution in [0.2, 0.25) is 0 Å². The van der Waals surface area contributed by atoms with Gasteiger partial charge in [0.15, 0.2) is 0 Å². The van der Waals surface area contributed by atoms with Crippen molar-refractivity contribution in [2.24, 2.45) is 0 Å². The highest BCUT2D eigenvalue weighted by Gasteiger charge is 2.31. The van der Waals surface area contributed by atoms with Gasteiger partial charge in [0.1, 0.15) is 0 Å². The second-order valence-corrected chi connectivity index (χ2v) is 3.12. The molecule has 1 rings (SSSR count). The van der Waals surface area contributed by atoms with Gasteiger partial charge in [-0.2, -0.15) is 13.2 Å². The van der Waals surface area contributed by atoms with Gasteiger partial charge in [-0.3, -0.25) is 4.79 Å². The molecule has 0 saturated heterocycles. The predicted octanol–water partition coefficient (Wildman–Crippen LogP) is 1.64. The van der Waals surface area contributed by atoms with Crippen LogP contribution in [-0.4, -0.2) is 18.9 Å². The summed E-state index contributed by atoms with van der Waals surface area (Å²) < 4.78 is 41.0. The van der Waals surface area contributed by atoms with Crippen LogP contribution in [0.3, 0.4) is 0 Å². The van der Waals surface area contributed by atoms with Crippen LogP contribution in [-0.2, 0) is 15.7 Å². The van der Waals surface area contributed by atoms with Crippen LogP contribution in [0.25, 0.3) is 0 Å². The lowest BCUT2D eigenvalue weighted by Gasteiger charge is -2.09. The Balaban J connectivity index is 3.15. The summed E-state index contributed by atoms with van der Waals surface area (Å²) in [6, 6.07) is 2.11. The minimum Gasteiger partial charge on any atom is -0.463 e. The first kappa shape index (κ1) is 13.0. The van der Waals surface area contributed by atoms with E-state index in [1.54, 1.807) is 0 Å². The quantitative estimate of drug-likeness (QED) is 0.373. The highest BCUT2D eigenvalue weighted by atomic mass is 19.4. The van der Waals surface area contributed by atoms with Crippen molar-refractivity contribution in [3.8, 4) is 0 Å². The summed E-state index contributed by atoms with van der Waals surface area (Å²) in [5.74, 6) is -2.27. The third-order valence-electron chi connectivity index (χ3n) is 1.99. The molecule has 0 unspecified atom stereocenters. The van der Waals surface area contributed by atoms with Crippen LogP contribution >= 0.6 is 0 Å². The second-order valence-electron chi connectivity index (χ2n) is 3.12. The minimum absolute atomic E-state index is 0.315. The van der Waals surface area contributed by atoms with Crippen LogP contribution in [0.4, 0.5) is 18.9 Å². The van der Waals surface area contributed by atoms with Crippen LogP contribution in [0.1, 0.15) is 15.9 Å². The molecule has 0 aliphatic rings. The molecule has 0 aromatic heterocycles. The number of Topliss-reactive ketones (excluding diaryl/α,β-unsaturated/α-hetero) is 1. The van der Waals surface area contributed by atoms with Crippen molar-refractivity contribution in [2.45, 2.75) is 6.18 Å². The molecule has 17 heavy (non-hydrogen) atoms. The van der Waals surface area contributed by atoms with Crippen molar-refractivity contribution in [1.82, 2.24) is 0 Å². The molecule has 0 amide bonds. The van der Waals surface area contributed by atoms with Gasteiger partial charge in [0.25, 0.3) is 5.78 Å². The van der Waals surface area contributed by atoms with E-state index in [1.807, 2.05) is 0 Å². The molecule has 0 aliphatic heterocycles. The fraction of sp³-hybridized carbons (Fsp3) is 0.200. The number of ether oxygens (including phenoxy) is 1. The van der Waals surface area contributed by atoms with Crippen molar-refractivity contribution in [3.05, 3.63) is 29.3 Å². The number of alkyl halides is 3. The van der Waals surface area contributed by atoms with E-state index in [4.69, 9.17) is 5.73 Å². The standard InChI is InChI=1S/C10H8F3NO3/c1-17-9(16)8(15)6-3-2-5(4-7(6)14)10(11,12)13/h2-4H,14H2,1H3. The van der Waals surface area contributed by atoms with Gasteiger partial charge in [-0.1, -0.05) is 0 Å². The fourth-order valence-corrected chi connectivity index (χ4v) is 1.15. The summed E-state index contributed by atoms with van der Waals surface area (Å²) in [5.41, 5.74) is 3.56. The van der Waals surface area contributed by atoms with Crippen LogP contribution in [0, 0.1) is 0 Å². The fourth-order valence-electron chi connectivity index (χ4n) is 1.15. The number of nitrogens with two attached hydrogens (primary N) is 1. The number of benzene rings is 1. The van der Waals surface area contributed by atoms with E-state index in [0.29, 0.717) is 12.1 Å². The summed E-state index contributed by atoms with van der Waals surface area (Å²) >= 11 is 0. The molecule has 0 heterocycles. The molecule has 4 nitrogen and oxygen atoms in total. The van der Waals surface area contributed by atoms with E-state index < -0.39 is 29.2 Å². The van der Waals surface area contributed by atoms with Crippen molar-refractivity contribution in [1.29, 1.82) is 0 Å². The first-order valence-corrected chi connectivity index (χ1v) is 4.36. The zero-order valence-corrected chi connectivity index (χ0v) is 8.67. The highest BCUT2D eigenvalue weighted by Crippen LogP contribution is 2.31. The third kappa shape index (κ3) is 2.74. The Morgan fingerprint density at radius 2 is 1.88 bits per heavy atom. The first-order valence-electron chi connectivity index (χ1n) is 4.36. The zero-order chi connectivity index (χ0) is 13.2. The smallest absolute Gasteiger partial charge is 0.416 e. The minimum atomic E-state index is -4.55. The predicted molar refractivity (Wildman–Crippen MR) is 52.2 cm³/mol. The molecule has 1 aromatic rings. The molecule has 92 valence electrons. The number of anilines is 1. The zero-order valence-electron chi connectivity index (χ0n) is 8.67. The Morgan fingerprint density at radius 3 is 2.29 bits per heavy atom. The van der Waals surface area contributed by atoms with Gasteiger partial charge in [-0.25, -0.2) is 4.79 Å². The van der Waals surface area contributed by atoms with Crippen LogP contribution < -0.4 is 5.73 Å². The number of carbonyl (C=O) groups is 2. The Labute approximate surface area is 94.2 Å². The van der Waals surface area contributed by atoms with Crippen LogP contribution in [0.5, 0.6) is 0 Å². The third-order valence-corrected chi connectivity index (χ3v) is 1.99. The van der Waals surface area contributed by atoms with E-state index in [-0.39, 0.29) is 5.56 Å². The Bertz CT molecular complexity index is 468. The lowest BCUT2D eigenvalue weighted by Crippen LogP contribution is -2.18. The number of esters is 1. The molecular weight excluding hydrogens is 239 g/mol. The van der Waals surface area contributed by atoms with E-state index in [1.165, 1.54) is 0 Å². The lowest BCUT2D eigenvalue weighted by molar-refractivity contribution is -0.137. The molecule has 0 fully saturated rings. The summed E-state index contributed by atoms with van der Waals surface area (Å²) in [7, 11) is 0.987. The lowest BCUT2D eigenvalue weighted by atomic mass is 10.1. The number of halogens is 3. The van der Waals surface area contributed by atoms with Crippen molar-refractivity contribution in [3.63, 3.8) is 0 Å². The largest absolute Gasteiger partial charge is 0.463 e. The molecule has 1 aromatic carbocycles. The highest BCUT2D eigenvalue weighted by molar-refractivity contribution is 6.41. The average Bonchev–Trinajstić information content (AvgIpc) is 2.25. The van der Waals surface area contributed by atoms with E-state index in [9.17, 15) is 22.8 Å². The topological polar surface area (TPSA) is 69.4 Å². The van der Waals surface area contributed by atoms with Gasteiger partial charge < -0.3 is 10.5 Å². The molecule has 2 N–H and O–H groups in total. The first-order chi connectivity index (χ1) is 7.77. The SMILES string of the molecule is COC(=O)C(=O)c1ccc(C(F)(F)F)cc1N. The molecule has 7 heteroatoms. The molecule has 0 spiro atoms. The van der Waals surface area contributed by atoms with Crippen molar-refractivity contribution in [2.75, 3.05) is 12.8 Å². The maximum absolute atomic E-state index is 12.3. The number of nitrogen functional groups attached to an aromatic ring is 1. The van der Waals surface area contributed by atoms with Gasteiger partial charge in [0.05, 0.1) is 18.2 Å². The van der Waals surface area contributed by atoms with Crippen LogP contribution in [0.15, 0.2) is 18.2 Å². The number of methoxy groups -OCH3 is 1. The van der Waals surface area contributed by atoms with E-state index >= 15 is 0 Å². The molecule has 0 atom stereocenters. The Hall–Kier alpha value is -2.05. The molecule has 0 saturated carbocycles. The Kier molecular flexibility index (Phi) is 3.40. The summed E-state index contributed by atoms with van der Waals surface area (Å²) in [6.45, 7) is 0. The van der Waals surface area contributed by atoms with Gasteiger partial charge in [-0.15, -0.1) is 0 Å². The monoisotopic (exact) mass is 247 g/mol.